The third-order valence-electron chi connectivity index (χ3n) is 9.47. The number of amides is 5. The number of nitro benzene ring substituents is 1. The summed E-state index contributed by atoms with van der Waals surface area (Å²) in [6, 6.07) is 41.7. The molecule has 2 heterocycles. The number of nitrogens with zero attached hydrogens (tertiary/aromatic N) is 3. The molecule has 63 heavy (non-hydrogen) atoms. The monoisotopic (exact) mass is 882 g/mol. The van der Waals surface area contributed by atoms with Crippen molar-refractivity contribution in [3.8, 4) is 0 Å². The summed E-state index contributed by atoms with van der Waals surface area (Å²) < 4.78 is 23.4. The van der Waals surface area contributed by atoms with E-state index >= 15 is 0 Å². The van der Waals surface area contributed by atoms with E-state index in [9.17, 15) is 37.7 Å². The first kappa shape index (κ1) is 43.1. The Bertz CT molecular complexity index is 2930. The minimum Gasteiger partial charge on any atom is -0.322 e. The lowest BCUT2D eigenvalue weighted by Gasteiger charge is -2.14. The number of hydrogen-bond acceptors (Lipinski definition) is 10. The summed E-state index contributed by atoms with van der Waals surface area (Å²) in [4.78, 5) is 70.2. The molecule has 5 amide bonds. The summed E-state index contributed by atoms with van der Waals surface area (Å²) in [6.07, 6.45) is -1.36. The van der Waals surface area contributed by atoms with Crippen molar-refractivity contribution in [1.82, 2.24) is 10.6 Å². The van der Waals surface area contributed by atoms with Crippen LogP contribution in [-0.4, -0.2) is 67.1 Å². The fraction of sp³-hybridized carbons (Fsp3) is 0.0667. The van der Waals surface area contributed by atoms with Gasteiger partial charge in [-0.25, -0.2) is 23.2 Å². The standard InChI is InChI=1S/C23H18ClN3O4S.C22H17N5O4/c1-32(30,31)15-11-12-16(18(24)13-15)22(28)27-21-23(29)25-19-10-6-5-9-17(19)20(26-21)14-7-3-2-4-8-14;28-21-20(26-22(29)23-15-10-12-16(13-11-15)27(30)31)25-19(14-6-2-1-3-7-14)17-8-4-5-9-18(17)24-21/h2-13,21H,1H3,(H,25,29)(H,27,28);1-13,20H,(H,24,28)(H2,23,26,29). The fourth-order valence-electron chi connectivity index (χ4n) is 6.43. The molecule has 8 rings (SSSR count). The van der Waals surface area contributed by atoms with E-state index < -0.39 is 50.8 Å². The number of hydrogen-bond donors (Lipinski definition) is 5. The van der Waals surface area contributed by atoms with Crippen LogP contribution in [0.4, 0.5) is 27.5 Å². The summed E-state index contributed by atoms with van der Waals surface area (Å²) in [5.74, 6) is -1.66. The van der Waals surface area contributed by atoms with Crippen LogP contribution in [0.25, 0.3) is 0 Å². The Labute approximate surface area is 365 Å². The van der Waals surface area contributed by atoms with Crippen LogP contribution in [-0.2, 0) is 19.4 Å². The average molecular weight is 883 g/mol. The number of nitrogens with one attached hydrogen (secondary N) is 5. The zero-order valence-electron chi connectivity index (χ0n) is 33.0. The molecule has 2 atom stereocenters. The van der Waals surface area contributed by atoms with Crippen molar-refractivity contribution in [1.29, 1.82) is 0 Å². The predicted molar refractivity (Wildman–Crippen MR) is 239 cm³/mol. The van der Waals surface area contributed by atoms with Crippen molar-refractivity contribution in [3.05, 3.63) is 195 Å². The first-order valence-corrected chi connectivity index (χ1v) is 21.2. The number of non-ortho nitro benzene ring substituents is 1. The minimum absolute atomic E-state index is 0.00825. The first-order valence-electron chi connectivity index (χ1n) is 18.9. The van der Waals surface area contributed by atoms with Gasteiger partial charge in [0.25, 0.3) is 23.4 Å². The third-order valence-corrected chi connectivity index (χ3v) is 10.9. The highest BCUT2D eigenvalue weighted by atomic mass is 35.5. The molecule has 316 valence electrons. The second-order valence-electron chi connectivity index (χ2n) is 13.9. The van der Waals surface area contributed by atoms with Gasteiger partial charge in [0.15, 0.2) is 9.84 Å². The van der Waals surface area contributed by atoms with Crippen LogP contribution in [0.15, 0.2) is 167 Å². The van der Waals surface area contributed by atoms with Gasteiger partial charge in [-0.15, -0.1) is 0 Å². The summed E-state index contributed by atoms with van der Waals surface area (Å²) in [6.45, 7) is 0. The molecular weight excluding hydrogens is 848 g/mol. The number of benzene rings is 6. The van der Waals surface area contributed by atoms with Gasteiger partial charge in [-0.1, -0.05) is 109 Å². The molecule has 18 heteroatoms. The number of aliphatic imine (C=N–C) groups is 2. The molecule has 2 aliphatic heterocycles. The highest BCUT2D eigenvalue weighted by molar-refractivity contribution is 7.90. The molecule has 0 aromatic heterocycles. The molecule has 6 aromatic carbocycles. The maximum atomic E-state index is 12.9. The number of carbonyl (C=O) groups is 4. The number of carbonyl (C=O) groups excluding carboxylic acids is 4. The van der Waals surface area contributed by atoms with Crippen LogP contribution >= 0.6 is 11.6 Å². The highest BCUT2D eigenvalue weighted by Gasteiger charge is 2.29. The van der Waals surface area contributed by atoms with E-state index in [4.69, 9.17) is 11.6 Å². The molecule has 0 aliphatic carbocycles. The van der Waals surface area contributed by atoms with E-state index in [1.54, 1.807) is 24.3 Å². The van der Waals surface area contributed by atoms with Crippen molar-refractivity contribution in [2.45, 2.75) is 17.2 Å². The SMILES string of the molecule is CS(=O)(=O)c1ccc(C(=O)NC2N=C(c3ccccc3)c3ccccc3NC2=O)c(Cl)c1.O=C(Nc1ccc([N+](=O)[O-])cc1)NC1N=C(c2ccccc2)c2ccccc2NC1=O. The van der Waals surface area contributed by atoms with E-state index in [1.165, 1.54) is 42.5 Å². The van der Waals surface area contributed by atoms with Crippen molar-refractivity contribution in [3.63, 3.8) is 0 Å². The molecule has 0 bridgehead atoms. The first-order chi connectivity index (χ1) is 30.2. The molecule has 6 aromatic rings. The summed E-state index contributed by atoms with van der Waals surface area (Å²) >= 11 is 6.15. The normalized spacial score (nSPS) is 15.4. The molecule has 0 spiro atoms. The lowest BCUT2D eigenvalue weighted by atomic mass is 10.0. The number of fused-ring (bicyclic) bond motifs is 2. The van der Waals surface area contributed by atoms with Crippen molar-refractivity contribution < 1.29 is 32.5 Å². The van der Waals surface area contributed by atoms with Gasteiger partial charge in [-0.05, 0) is 42.5 Å². The van der Waals surface area contributed by atoms with Gasteiger partial charge in [-0.3, -0.25) is 24.5 Å². The maximum absolute atomic E-state index is 12.9. The number of benzodiazepines with no additional fused rings is 2. The number of halogens is 1. The van der Waals surface area contributed by atoms with Crippen LogP contribution < -0.4 is 26.6 Å². The fourth-order valence-corrected chi connectivity index (χ4v) is 7.41. The quantitative estimate of drug-likeness (QED) is 0.0802. The summed E-state index contributed by atoms with van der Waals surface area (Å²) in [5.41, 5.74) is 5.60. The zero-order chi connectivity index (χ0) is 44.7. The zero-order valence-corrected chi connectivity index (χ0v) is 34.6. The lowest BCUT2D eigenvalue weighted by molar-refractivity contribution is -0.384. The minimum atomic E-state index is -3.48. The van der Waals surface area contributed by atoms with Crippen molar-refractivity contribution in [2.75, 3.05) is 22.2 Å². The molecule has 0 fully saturated rings. The molecule has 16 nitrogen and oxygen atoms in total. The summed E-state index contributed by atoms with van der Waals surface area (Å²) in [7, 11) is -3.48. The van der Waals surface area contributed by atoms with Gasteiger partial charge in [0.05, 0.1) is 43.2 Å². The number of urea groups is 1. The molecule has 2 aliphatic rings. The predicted octanol–water partition coefficient (Wildman–Crippen LogP) is 6.82. The highest BCUT2D eigenvalue weighted by Crippen LogP contribution is 2.26. The molecule has 0 saturated heterocycles. The Hall–Kier alpha value is -8.02. The number of para-hydroxylation sites is 2. The van der Waals surface area contributed by atoms with Crippen molar-refractivity contribution >= 4 is 79.4 Å². The maximum Gasteiger partial charge on any atom is 0.321 e. The molecule has 2 unspecified atom stereocenters. The Morgan fingerprint density at radius 3 is 1.62 bits per heavy atom. The summed E-state index contributed by atoms with van der Waals surface area (Å²) in [5, 5.41) is 24.0. The van der Waals surface area contributed by atoms with Crippen LogP contribution in [0, 0.1) is 10.1 Å². The van der Waals surface area contributed by atoms with E-state index in [0.717, 1.165) is 28.5 Å². The Morgan fingerprint density at radius 2 is 1.14 bits per heavy atom. The van der Waals surface area contributed by atoms with E-state index in [1.807, 2.05) is 84.9 Å². The lowest BCUT2D eigenvalue weighted by Crippen LogP contribution is -2.44. The second kappa shape index (κ2) is 18.7. The Kier molecular flexibility index (Phi) is 12.8. The Morgan fingerprint density at radius 1 is 0.667 bits per heavy atom. The number of anilines is 3. The largest absolute Gasteiger partial charge is 0.322 e. The average Bonchev–Trinajstić information content (AvgIpc) is 3.50. The van der Waals surface area contributed by atoms with Gasteiger partial charge in [0.2, 0.25) is 12.3 Å². The van der Waals surface area contributed by atoms with Crippen LogP contribution in [0.2, 0.25) is 5.02 Å². The number of sulfone groups is 1. The van der Waals surface area contributed by atoms with Crippen molar-refractivity contribution in [2.24, 2.45) is 9.98 Å². The third kappa shape index (κ3) is 10.3. The molecule has 0 radical (unpaired) electrons. The van der Waals surface area contributed by atoms with E-state index in [0.29, 0.717) is 28.5 Å². The van der Waals surface area contributed by atoms with Crippen LogP contribution in [0.5, 0.6) is 0 Å². The van der Waals surface area contributed by atoms with Gasteiger partial charge in [-0.2, -0.15) is 0 Å². The smallest absolute Gasteiger partial charge is 0.321 e. The van der Waals surface area contributed by atoms with Gasteiger partial charge in [0.1, 0.15) is 0 Å². The van der Waals surface area contributed by atoms with Gasteiger partial charge in [0, 0.05) is 46.3 Å². The second-order valence-corrected chi connectivity index (χ2v) is 16.3. The van der Waals surface area contributed by atoms with Crippen LogP contribution in [0.3, 0.4) is 0 Å². The molecule has 0 saturated carbocycles. The van der Waals surface area contributed by atoms with Gasteiger partial charge >= 0.3 is 6.03 Å². The molecule has 5 N–H and O–H groups in total. The van der Waals surface area contributed by atoms with Gasteiger partial charge < -0.3 is 26.6 Å². The van der Waals surface area contributed by atoms with E-state index in [2.05, 4.69) is 36.6 Å². The van der Waals surface area contributed by atoms with Crippen LogP contribution in [0.1, 0.15) is 32.6 Å². The van der Waals surface area contributed by atoms with E-state index in [-0.39, 0.29) is 21.2 Å². The Balaban J connectivity index is 0.000000189. The molecular formula is C45H35ClN8O8S. The number of nitro groups is 1. The number of rotatable bonds is 8. The topological polar surface area (TPSA) is 230 Å².